The average Bonchev–Trinajstić information content (AvgIpc) is 3.21. The molecule has 0 radical (unpaired) electrons. The van der Waals surface area contributed by atoms with Crippen LogP contribution in [-0.4, -0.2) is 34.7 Å². The highest BCUT2D eigenvalue weighted by atomic mass is 32.2. The van der Waals surface area contributed by atoms with E-state index in [9.17, 15) is 0 Å². The summed E-state index contributed by atoms with van der Waals surface area (Å²) in [6, 6.07) is 11.8. The van der Waals surface area contributed by atoms with E-state index < -0.39 is 0 Å². The number of rotatable bonds is 9. The predicted octanol–water partition coefficient (Wildman–Crippen LogP) is 3.89. The molecule has 0 amide bonds. The topological polar surface area (TPSA) is 120 Å². The number of nitrogens with two attached hydrogens (primary N) is 1. The molecule has 0 spiro atoms. The summed E-state index contributed by atoms with van der Waals surface area (Å²) < 4.78 is 1.99. The Balaban J connectivity index is 1.54. The van der Waals surface area contributed by atoms with Gasteiger partial charge in [-0.1, -0.05) is 43.0 Å². The number of benzene rings is 1. The molecule has 0 aliphatic carbocycles. The van der Waals surface area contributed by atoms with Gasteiger partial charge in [-0.05, 0) is 30.2 Å². The fourth-order valence-electron chi connectivity index (χ4n) is 3.16. The fourth-order valence-corrected chi connectivity index (χ4v) is 3.96. The molecule has 3 aromatic heterocycles. The zero-order valence-electron chi connectivity index (χ0n) is 17.6. The largest absolute Gasteiger partial charge is 0.368 e. The molecular weight excluding hydrogens is 422 g/mol. The molecule has 0 saturated heterocycles. The smallest absolute Gasteiger partial charge is 0.232 e. The normalized spacial score (nSPS) is 10.8. The number of para-hydroxylation sites is 1. The molecule has 0 bridgehead atoms. The standard InChI is InChI=1S/C22H23N9S/c1-3-13-31-19(16-9-11-24-12-10-16)29-30-22(31)32-14-18-26-20(23)28-21(27-18)25-17-8-6-5-7-15(17)4-2/h3,5-12H,1,4,13-14H2,2H3,(H3,23,25,26,27,28). The molecule has 0 aliphatic heterocycles. The van der Waals surface area contributed by atoms with E-state index in [2.05, 4.69) is 55.0 Å². The van der Waals surface area contributed by atoms with Crippen LogP contribution in [0.5, 0.6) is 0 Å². The second kappa shape index (κ2) is 10.0. The van der Waals surface area contributed by atoms with Gasteiger partial charge in [0, 0.05) is 30.2 Å². The van der Waals surface area contributed by atoms with Gasteiger partial charge < -0.3 is 11.1 Å². The first-order valence-corrected chi connectivity index (χ1v) is 11.1. The predicted molar refractivity (Wildman–Crippen MR) is 126 cm³/mol. The number of nitrogens with one attached hydrogen (secondary N) is 1. The molecule has 1 aromatic carbocycles. The van der Waals surface area contributed by atoms with Crippen LogP contribution < -0.4 is 11.1 Å². The van der Waals surface area contributed by atoms with Crippen molar-refractivity contribution in [1.29, 1.82) is 0 Å². The third-order valence-corrected chi connectivity index (χ3v) is 5.60. The fraction of sp³-hybridized carbons (Fsp3) is 0.182. The number of nitrogen functional groups attached to an aromatic ring is 1. The van der Waals surface area contributed by atoms with Gasteiger partial charge in [0.05, 0.1) is 5.75 Å². The Morgan fingerprint density at radius 1 is 1.09 bits per heavy atom. The first kappa shape index (κ1) is 21.4. The Bertz CT molecular complexity index is 1210. The van der Waals surface area contributed by atoms with Crippen LogP contribution in [0.1, 0.15) is 18.3 Å². The highest BCUT2D eigenvalue weighted by molar-refractivity contribution is 7.98. The maximum atomic E-state index is 5.95. The van der Waals surface area contributed by atoms with Crippen molar-refractivity contribution in [1.82, 2.24) is 34.7 Å². The Morgan fingerprint density at radius 3 is 2.69 bits per heavy atom. The number of pyridine rings is 1. The summed E-state index contributed by atoms with van der Waals surface area (Å²) in [5.74, 6) is 2.35. The molecule has 9 nitrogen and oxygen atoms in total. The number of nitrogens with zero attached hydrogens (tertiary/aromatic N) is 7. The van der Waals surface area contributed by atoms with Crippen LogP contribution in [0.2, 0.25) is 0 Å². The van der Waals surface area contributed by atoms with Gasteiger partial charge in [-0.2, -0.15) is 15.0 Å². The van der Waals surface area contributed by atoms with Crippen LogP contribution in [0.15, 0.2) is 66.6 Å². The van der Waals surface area contributed by atoms with Gasteiger partial charge in [-0.3, -0.25) is 9.55 Å². The van der Waals surface area contributed by atoms with E-state index in [0.29, 0.717) is 24.1 Å². The van der Waals surface area contributed by atoms with Crippen LogP contribution in [0.25, 0.3) is 11.4 Å². The van der Waals surface area contributed by atoms with Crippen LogP contribution in [0.3, 0.4) is 0 Å². The second-order valence-corrected chi connectivity index (χ2v) is 7.74. The zero-order chi connectivity index (χ0) is 22.3. The van der Waals surface area contributed by atoms with Crippen molar-refractivity contribution in [3.8, 4) is 11.4 Å². The van der Waals surface area contributed by atoms with Crippen LogP contribution >= 0.6 is 11.8 Å². The Labute approximate surface area is 190 Å². The van der Waals surface area contributed by atoms with Crippen molar-refractivity contribution in [3.05, 3.63) is 72.8 Å². The van der Waals surface area contributed by atoms with E-state index in [4.69, 9.17) is 5.73 Å². The van der Waals surface area contributed by atoms with Crippen LogP contribution in [0, 0.1) is 0 Å². The van der Waals surface area contributed by atoms with Gasteiger partial charge >= 0.3 is 0 Å². The van der Waals surface area contributed by atoms with E-state index >= 15 is 0 Å². The molecule has 0 fully saturated rings. The first-order valence-electron chi connectivity index (χ1n) is 10.1. The van der Waals surface area contributed by atoms with E-state index in [0.717, 1.165) is 28.7 Å². The molecule has 162 valence electrons. The van der Waals surface area contributed by atoms with Crippen molar-refractivity contribution >= 4 is 29.3 Å². The number of allylic oxidation sites excluding steroid dienone is 1. The van der Waals surface area contributed by atoms with E-state index in [1.807, 2.05) is 41.0 Å². The number of hydrogen-bond donors (Lipinski definition) is 2. The number of thioether (sulfide) groups is 1. The maximum Gasteiger partial charge on any atom is 0.232 e. The summed E-state index contributed by atoms with van der Waals surface area (Å²) in [5, 5.41) is 12.7. The van der Waals surface area contributed by atoms with E-state index in [-0.39, 0.29) is 5.95 Å². The molecule has 4 aromatic rings. The van der Waals surface area contributed by atoms with E-state index in [1.54, 1.807) is 12.4 Å². The monoisotopic (exact) mass is 445 g/mol. The van der Waals surface area contributed by atoms with Crippen molar-refractivity contribution in [2.24, 2.45) is 0 Å². The van der Waals surface area contributed by atoms with Crippen LogP contribution in [-0.2, 0) is 18.7 Å². The SMILES string of the molecule is C=CCn1c(SCc2nc(N)nc(Nc3ccccc3CC)n2)nnc1-c1ccncc1. The Hall–Kier alpha value is -3.79. The van der Waals surface area contributed by atoms with Gasteiger partial charge in [-0.15, -0.1) is 16.8 Å². The lowest BCUT2D eigenvalue weighted by Crippen LogP contribution is -2.08. The quantitative estimate of drug-likeness (QED) is 0.292. The lowest BCUT2D eigenvalue weighted by atomic mass is 10.1. The number of hydrogen-bond acceptors (Lipinski definition) is 9. The van der Waals surface area contributed by atoms with Gasteiger partial charge in [0.1, 0.15) is 5.82 Å². The van der Waals surface area contributed by atoms with E-state index in [1.165, 1.54) is 17.3 Å². The van der Waals surface area contributed by atoms with Gasteiger partial charge in [0.2, 0.25) is 11.9 Å². The molecule has 3 N–H and O–H groups in total. The van der Waals surface area contributed by atoms with Crippen molar-refractivity contribution in [2.45, 2.75) is 30.8 Å². The number of aromatic nitrogens is 7. The molecule has 0 saturated carbocycles. The molecule has 4 rings (SSSR count). The van der Waals surface area contributed by atoms with Gasteiger partial charge in [0.15, 0.2) is 11.0 Å². The lowest BCUT2D eigenvalue weighted by molar-refractivity contribution is 0.730. The number of anilines is 3. The summed E-state index contributed by atoms with van der Waals surface area (Å²) in [4.78, 5) is 17.1. The molecule has 32 heavy (non-hydrogen) atoms. The minimum atomic E-state index is 0.164. The van der Waals surface area contributed by atoms with Crippen LogP contribution in [0.4, 0.5) is 17.6 Å². The first-order chi connectivity index (χ1) is 15.7. The average molecular weight is 446 g/mol. The second-order valence-electron chi connectivity index (χ2n) is 6.80. The highest BCUT2D eigenvalue weighted by Gasteiger charge is 2.15. The molecule has 0 unspecified atom stereocenters. The number of aryl methyl sites for hydroxylation is 1. The minimum Gasteiger partial charge on any atom is -0.368 e. The molecule has 3 heterocycles. The highest BCUT2D eigenvalue weighted by Crippen LogP contribution is 2.26. The van der Waals surface area contributed by atoms with Gasteiger partial charge in [0.25, 0.3) is 0 Å². The van der Waals surface area contributed by atoms with Crippen molar-refractivity contribution in [3.63, 3.8) is 0 Å². The molecule has 0 atom stereocenters. The lowest BCUT2D eigenvalue weighted by Gasteiger charge is -2.11. The summed E-state index contributed by atoms with van der Waals surface area (Å²) in [7, 11) is 0. The summed E-state index contributed by atoms with van der Waals surface area (Å²) in [5.41, 5.74) is 9.00. The zero-order valence-corrected chi connectivity index (χ0v) is 18.5. The molecule has 10 heteroatoms. The Kier molecular flexibility index (Phi) is 6.71. The van der Waals surface area contributed by atoms with Crippen molar-refractivity contribution < 1.29 is 0 Å². The maximum absolute atomic E-state index is 5.95. The minimum absolute atomic E-state index is 0.164. The summed E-state index contributed by atoms with van der Waals surface area (Å²) >= 11 is 1.48. The summed E-state index contributed by atoms with van der Waals surface area (Å²) in [6.45, 7) is 6.53. The summed E-state index contributed by atoms with van der Waals surface area (Å²) in [6.07, 6.45) is 6.17. The molecule has 0 aliphatic rings. The molecular formula is C22H23N9S. The third-order valence-electron chi connectivity index (χ3n) is 4.64. The Morgan fingerprint density at radius 2 is 1.91 bits per heavy atom. The third kappa shape index (κ3) is 4.92. The van der Waals surface area contributed by atoms with Crippen molar-refractivity contribution in [2.75, 3.05) is 11.1 Å². The van der Waals surface area contributed by atoms with Gasteiger partial charge in [-0.25, -0.2) is 0 Å².